The van der Waals surface area contributed by atoms with Gasteiger partial charge in [-0.3, -0.25) is 0 Å². The molecule has 80 valence electrons. The highest BCUT2D eigenvalue weighted by atomic mass is 32.1. The van der Waals surface area contributed by atoms with E-state index < -0.39 is 0 Å². The Morgan fingerprint density at radius 1 is 1.25 bits per heavy atom. The van der Waals surface area contributed by atoms with E-state index in [0.29, 0.717) is 11.7 Å². The number of anilines is 1. The second-order valence-corrected chi connectivity index (χ2v) is 4.49. The average molecular weight is 231 g/mol. The van der Waals surface area contributed by atoms with Gasteiger partial charge in [0.25, 0.3) is 0 Å². The smallest absolute Gasteiger partial charge is 0.203 e. The van der Waals surface area contributed by atoms with E-state index in [2.05, 4.69) is 15.2 Å². The van der Waals surface area contributed by atoms with E-state index in [-0.39, 0.29) is 0 Å². The van der Waals surface area contributed by atoms with Crippen molar-refractivity contribution < 1.29 is 0 Å². The van der Waals surface area contributed by atoms with E-state index in [1.807, 2.05) is 35.2 Å². The molecule has 0 radical (unpaired) electrons. The number of imidazole rings is 1. The molecule has 0 fully saturated rings. The number of benzene rings is 1. The van der Waals surface area contributed by atoms with Gasteiger partial charge in [-0.05, 0) is 12.1 Å². The topological polar surface area (TPSA) is 69.6 Å². The van der Waals surface area contributed by atoms with Gasteiger partial charge < -0.3 is 10.3 Å². The fourth-order valence-corrected chi connectivity index (χ4v) is 2.22. The summed E-state index contributed by atoms with van der Waals surface area (Å²) in [7, 11) is 0. The molecule has 2 heterocycles. The van der Waals surface area contributed by atoms with Gasteiger partial charge in [0.2, 0.25) is 5.13 Å². The van der Waals surface area contributed by atoms with Gasteiger partial charge in [-0.1, -0.05) is 23.5 Å². The third kappa shape index (κ3) is 1.53. The predicted octanol–water partition coefficient (Wildman–Crippen LogP) is 1.52. The van der Waals surface area contributed by atoms with Crippen LogP contribution in [0.3, 0.4) is 0 Å². The van der Waals surface area contributed by atoms with Gasteiger partial charge in [0.15, 0.2) is 0 Å². The number of nitrogen functional groups attached to an aromatic ring is 1. The van der Waals surface area contributed by atoms with Crippen molar-refractivity contribution in [1.29, 1.82) is 0 Å². The van der Waals surface area contributed by atoms with E-state index in [9.17, 15) is 0 Å². The molecular formula is C10H9N5S. The minimum Gasteiger partial charge on any atom is -0.374 e. The van der Waals surface area contributed by atoms with Crippen molar-refractivity contribution in [1.82, 2.24) is 19.7 Å². The molecule has 3 rings (SSSR count). The van der Waals surface area contributed by atoms with Crippen LogP contribution in [0, 0.1) is 0 Å². The monoisotopic (exact) mass is 231 g/mol. The van der Waals surface area contributed by atoms with Crippen LogP contribution < -0.4 is 5.73 Å². The zero-order valence-electron chi connectivity index (χ0n) is 8.37. The van der Waals surface area contributed by atoms with Gasteiger partial charge in [-0.25, -0.2) is 4.98 Å². The summed E-state index contributed by atoms with van der Waals surface area (Å²) in [6.07, 6.45) is 1.81. The maximum Gasteiger partial charge on any atom is 0.203 e. The average Bonchev–Trinajstić information content (AvgIpc) is 2.87. The minimum atomic E-state index is 0.499. The highest BCUT2D eigenvalue weighted by molar-refractivity contribution is 7.15. The summed E-state index contributed by atoms with van der Waals surface area (Å²) in [6, 6.07) is 7.99. The van der Waals surface area contributed by atoms with Crippen LogP contribution in [0.4, 0.5) is 5.13 Å². The molecule has 3 aromatic rings. The number of aromatic nitrogens is 4. The summed E-state index contributed by atoms with van der Waals surface area (Å²) in [5.74, 6) is 0. The van der Waals surface area contributed by atoms with Crippen LogP contribution in [0.2, 0.25) is 0 Å². The molecule has 0 aliphatic carbocycles. The maximum absolute atomic E-state index is 5.54. The highest BCUT2D eigenvalue weighted by Gasteiger charge is 2.05. The summed E-state index contributed by atoms with van der Waals surface area (Å²) in [5, 5.41) is 9.17. The SMILES string of the molecule is Nc1nnc(Cn2cnc3ccccc32)s1. The van der Waals surface area contributed by atoms with Crippen molar-refractivity contribution >= 4 is 27.5 Å². The van der Waals surface area contributed by atoms with Gasteiger partial charge >= 0.3 is 0 Å². The lowest BCUT2D eigenvalue weighted by atomic mass is 10.3. The quantitative estimate of drug-likeness (QED) is 0.726. The van der Waals surface area contributed by atoms with Gasteiger partial charge in [0.05, 0.1) is 23.9 Å². The number of nitrogens with two attached hydrogens (primary N) is 1. The second kappa shape index (κ2) is 3.57. The normalized spacial score (nSPS) is 11.0. The van der Waals surface area contributed by atoms with Crippen LogP contribution in [-0.2, 0) is 6.54 Å². The lowest BCUT2D eigenvalue weighted by molar-refractivity contribution is 0.800. The highest BCUT2D eigenvalue weighted by Crippen LogP contribution is 2.16. The Kier molecular flexibility index (Phi) is 2.07. The number of nitrogens with zero attached hydrogens (tertiary/aromatic N) is 4. The fraction of sp³-hybridized carbons (Fsp3) is 0.100. The molecule has 0 bridgehead atoms. The number of rotatable bonds is 2. The first-order chi connectivity index (χ1) is 7.83. The van der Waals surface area contributed by atoms with E-state index in [0.717, 1.165) is 16.0 Å². The Balaban J connectivity index is 2.00. The summed E-state index contributed by atoms with van der Waals surface area (Å²) in [5.41, 5.74) is 7.62. The van der Waals surface area contributed by atoms with Crippen molar-refractivity contribution in [2.75, 3.05) is 5.73 Å². The zero-order chi connectivity index (χ0) is 11.0. The number of hydrogen-bond acceptors (Lipinski definition) is 5. The zero-order valence-corrected chi connectivity index (χ0v) is 9.18. The Labute approximate surface area is 95.6 Å². The molecule has 0 saturated heterocycles. The first-order valence-corrected chi connectivity index (χ1v) is 5.62. The largest absolute Gasteiger partial charge is 0.374 e. The molecule has 2 aromatic heterocycles. The van der Waals surface area contributed by atoms with Gasteiger partial charge in [0.1, 0.15) is 5.01 Å². The van der Waals surface area contributed by atoms with Crippen molar-refractivity contribution in [2.45, 2.75) is 6.54 Å². The summed E-state index contributed by atoms with van der Waals surface area (Å²) < 4.78 is 2.04. The van der Waals surface area contributed by atoms with Crippen LogP contribution >= 0.6 is 11.3 Å². The Bertz CT molecular complexity index is 627. The summed E-state index contributed by atoms with van der Waals surface area (Å²) >= 11 is 1.40. The molecule has 0 spiro atoms. The van der Waals surface area contributed by atoms with Crippen molar-refractivity contribution in [2.24, 2.45) is 0 Å². The molecule has 1 aromatic carbocycles. The molecular weight excluding hydrogens is 222 g/mol. The molecule has 2 N–H and O–H groups in total. The van der Waals surface area contributed by atoms with Crippen LogP contribution in [-0.4, -0.2) is 19.7 Å². The summed E-state index contributed by atoms with van der Waals surface area (Å²) in [6.45, 7) is 0.662. The number of fused-ring (bicyclic) bond motifs is 1. The van der Waals surface area contributed by atoms with Crippen molar-refractivity contribution in [3.8, 4) is 0 Å². The van der Waals surface area contributed by atoms with E-state index in [1.54, 1.807) is 0 Å². The molecule has 0 aliphatic heterocycles. The molecule has 6 heteroatoms. The Hall–Kier alpha value is -1.95. The minimum absolute atomic E-state index is 0.499. The lowest BCUT2D eigenvalue weighted by Crippen LogP contribution is -1.97. The molecule has 0 aliphatic rings. The first-order valence-electron chi connectivity index (χ1n) is 4.80. The Morgan fingerprint density at radius 3 is 2.94 bits per heavy atom. The molecule has 0 saturated carbocycles. The van der Waals surface area contributed by atoms with Gasteiger partial charge in [-0.15, -0.1) is 10.2 Å². The number of hydrogen-bond donors (Lipinski definition) is 1. The number of para-hydroxylation sites is 2. The molecule has 16 heavy (non-hydrogen) atoms. The van der Waals surface area contributed by atoms with E-state index >= 15 is 0 Å². The predicted molar refractivity (Wildman–Crippen MR) is 63.2 cm³/mol. The van der Waals surface area contributed by atoms with Gasteiger partial charge in [-0.2, -0.15) is 0 Å². The van der Waals surface area contributed by atoms with E-state index in [1.165, 1.54) is 11.3 Å². The Morgan fingerprint density at radius 2 is 2.12 bits per heavy atom. The fourth-order valence-electron chi connectivity index (χ4n) is 1.61. The van der Waals surface area contributed by atoms with E-state index in [4.69, 9.17) is 5.73 Å². The third-order valence-corrected chi connectivity index (χ3v) is 3.05. The van der Waals surface area contributed by atoms with Gasteiger partial charge in [0, 0.05) is 0 Å². The first kappa shape index (κ1) is 9.29. The van der Waals surface area contributed by atoms with Crippen LogP contribution in [0.5, 0.6) is 0 Å². The molecule has 0 amide bonds. The van der Waals surface area contributed by atoms with Crippen LogP contribution in [0.15, 0.2) is 30.6 Å². The van der Waals surface area contributed by atoms with Crippen LogP contribution in [0.1, 0.15) is 5.01 Å². The molecule has 5 nitrogen and oxygen atoms in total. The standard InChI is InChI=1S/C10H9N5S/c11-10-14-13-9(16-10)5-15-6-12-7-3-1-2-4-8(7)15/h1-4,6H,5H2,(H2,11,14). The molecule has 0 atom stereocenters. The van der Waals surface area contributed by atoms with Crippen molar-refractivity contribution in [3.63, 3.8) is 0 Å². The lowest BCUT2D eigenvalue weighted by Gasteiger charge is -1.99. The molecule has 0 unspecified atom stereocenters. The third-order valence-electron chi connectivity index (χ3n) is 2.32. The van der Waals surface area contributed by atoms with Crippen molar-refractivity contribution in [3.05, 3.63) is 35.6 Å². The second-order valence-electron chi connectivity index (χ2n) is 3.40. The van der Waals surface area contributed by atoms with Crippen LogP contribution in [0.25, 0.3) is 11.0 Å². The summed E-state index contributed by atoms with van der Waals surface area (Å²) in [4.78, 5) is 4.31. The maximum atomic E-state index is 5.54.